The molecule has 0 spiro atoms. The summed E-state index contributed by atoms with van der Waals surface area (Å²) >= 11 is 0. The Morgan fingerprint density at radius 1 is 1.42 bits per heavy atom. The molecule has 4 heteroatoms. The predicted molar refractivity (Wildman–Crippen MR) is 76.7 cm³/mol. The summed E-state index contributed by atoms with van der Waals surface area (Å²) in [5, 5.41) is 9.11. The number of hydrogen-bond acceptors (Lipinski definition) is 4. The van der Waals surface area contributed by atoms with Crippen LogP contribution in [-0.2, 0) is 0 Å². The molecule has 2 unspecified atom stereocenters. The predicted octanol–water partition coefficient (Wildman–Crippen LogP) is 1.71. The molecule has 19 heavy (non-hydrogen) atoms. The van der Waals surface area contributed by atoms with Crippen LogP contribution in [0.1, 0.15) is 44.2 Å². The summed E-state index contributed by atoms with van der Waals surface area (Å²) in [6, 6.07) is 5.02. The van der Waals surface area contributed by atoms with E-state index in [1.165, 1.54) is 24.8 Å². The van der Waals surface area contributed by atoms with Crippen molar-refractivity contribution in [2.45, 2.75) is 50.7 Å². The van der Waals surface area contributed by atoms with Gasteiger partial charge < -0.3 is 10.8 Å². The first-order valence-corrected chi connectivity index (χ1v) is 7.26. The Kier molecular flexibility index (Phi) is 5.31. The molecule has 0 aliphatic heterocycles. The minimum absolute atomic E-state index is 0.0710. The summed E-state index contributed by atoms with van der Waals surface area (Å²) in [5.41, 5.74) is 7.46. The third-order valence-corrected chi connectivity index (χ3v) is 4.02. The molecule has 106 valence electrons. The SMILES string of the molecule is CC(N)C(c1ccncc1)N(CCCO)C1CCC1. The zero-order chi connectivity index (χ0) is 13.7. The van der Waals surface area contributed by atoms with E-state index in [4.69, 9.17) is 10.8 Å². The van der Waals surface area contributed by atoms with Crippen molar-refractivity contribution < 1.29 is 5.11 Å². The van der Waals surface area contributed by atoms with Crippen LogP contribution >= 0.6 is 0 Å². The number of nitrogens with two attached hydrogens (primary N) is 1. The number of aliphatic hydroxyl groups is 1. The lowest BCUT2D eigenvalue weighted by Crippen LogP contribution is -2.48. The van der Waals surface area contributed by atoms with E-state index in [-0.39, 0.29) is 18.7 Å². The van der Waals surface area contributed by atoms with Crippen molar-refractivity contribution in [1.29, 1.82) is 0 Å². The molecule has 1 aromatic heterocycles. The van der Waals surface area contributed by atoms with E-state index in [2.05, 4.69) is 28.9 Å². The van der Waals surface area contributed by atoms with Gasteiger partial charge in [0.1, 0.15) is 0 Å². The summed E-state index contributed by atoms with van der Waals surface area (Å²) in [6.45, 7) is 3.22. The van der Waals surface area contributed by atoms with Crippen molar-refractivity contribution in [3.8, 4) is 0 Å². The number of aromatic nitrogens is 1. The molecular formula is C15H25N3O. The van der Waals surface area contributed by atoms with Crippen molar-refractivity contribution >= 4 is 0 Å². The molecule has 1 saturated carbocycles. The minimum atomic E-state index is 0.0710. The number of rotatable bonds is 7. The Hall–Kier alpha value is -0.970. The smallest absolute Gasteiger partial charge is 0.0500 e. The first-order chi connectivity index (χ1) is 9.24. The maximum Gasteiger partial charge on any atom is 0.0500 e. The van der Waals surface area contributed by atoms with Gasteiger partial charge in [-0.25, -0.2) is 0 Å². The van der Waals surface area contributed by atoms with E-state index < -0.39 is 0 Å². The monoisotopic (exact) mass is 263 g/mol. The van der Waals surface area contributed by atoms with Crippen molar-refractivity contribution in [3.05, 3.63) is 30.1 Å². The van der Waals surface area contributed by atoms with E-state index in [1.54, 1.807) is 0 Å². The Labute approximate surface area is 115 Å². The fourth-order valence-electron chi connectivity index (χ4n) is 2.88. The molecule has 0 bridgehead atoms. The average Bonchev–Trinajstić information content (AvgIpc) is 2.34. The standard InChI is InChI=1S/C15H25N3O/c1-12(16)15(13-6-8-17-9-7-13)18(10-3-11-19)14-4-2-5-14/h6-9,12,14-15,19H,2-5,10-11,16H2,1H3. The Bertz CT molecular complexity index is 365. The van der Waals surface area contributed by atoms with Crippen LogP contribution in [-0.4, -0.2) is 40.2 Å². The molecule has 1 aliphatic carbocycles. The minimum Gasteiger partial charge on any atom is -0.396 e. The number of nitrogens with zero attached hydrogens (tertiary/aromatic N) is 2. The quantitative estimate of drug-likeness (QED) is 0.786. The van der Waals surface area contributed by atoms with E-state index >= 15 is 0 Å². The van der Waals surface area contributed by atoms with E-state index in [1.807, 2.05) is 12.4 Å². The van der Waals surface area contributed by atoms with Crippen LogP contribution in [0.4, 0.5) is 0 Å². The fourth-order valence-corrected chi connectivity index (χ4v) is 2.88. The van der Waals surface area contributed by atoms with Gasteiger partial charge in [-0.3, -0.25) is 9.88 Å². The second-order valence-corrected chi connectivity index (χ2v) is 5.48. The molecule has 0 saturated heterocycles. The maximum absolute atomic E-state index is 9.11. The van der Waals surface area contributed by atoms with Gasteiger partial charge >= 0.3 is 0 Å². The number of pyridine rings is 1. The molecule has 0 amide bonds. The Balaban J connectivity index is 2.18. The summed E-state index contributed by atoms with van der Waals surface area (Å²) in [4.78, 5) is 6.57. The maximum atomic E-state index is 9.11. The van der Waals surface area contributed by atoms with Gasteiger partial charge in [0.05, 0.1) is 6.04 Å². The molecule has 1 aromatic rings. The summed E-state index contributed by atoms with van der Waals surface area (Å²) in [6.07, 6.45) is 8.28. The molecule has 2 rings (SSSR count). The molecular weight excluding hydrogens is 238 g/mol. The van der Waals surface area contributed by atoms with Gasteiger partial charge in [0, 0.05) is 37.6 Å². The summed E-state index contributed by atoms with van der Waals surface area (Å²) < 4.78 is 0. The molecule has 4 nitrogen and oxygen atoms in total. The van der Waals surface area contributed by atoms with Gasteiger partial charge in [-0.15, -0.1) is 0 Å². The van der Waals surface area contributed by atoms with Crippen LogP contribution in [0.5, 0.6) is 0 Å². The average molecular weight is 263 g/mol. The van der Waals surface area contributed by atoms with Crippen LogP contribution in [0, 0.1) is 0 Å². The number of aliphatic hydroxyl groups excluding tert-OH is 1. The fraction of sp³-hybridized carbons (Fsp3) is 0.667. The van der Waals surface area contributed by atoms with Gasteiger partial charge in [-0.1, -0.05) is 6.42 Å². The van der Waals surface area contributed by atoms with Gasteiger partial charge in [-0.05, 0) is 43.9 Å². The van der Waals surface area contributed by atoms with Crippen LogP contribution in [0.25, 0.3) is 0 Å². The Morgan fingerprint density at radius 2 is 2.11 bits per heavy atom. The van der Waals surface area contributed by atoms with Crippen molar-refractivity contribution in [2.24, 2.45) is 5.73 Å². The van der Waals surface area contributed by atoms with Crippen molar-refractivity contribution in [3.63, 3.8) is 0 Å². The van der Waals surface area contributed by atoms with Gasteiger partial charge in [-0.2, -0.15) is 0 Å². The van der Waals surface area contributed by atoms with Crippen LogP contribution in [0.3, 0.4) is 0 Å². The highest BCUT2D eigenvalue weighted by Crippen LogP contribution is 2.33. The first kappa shape index (κ1) is 14.4. The third-order valence-electron chi connectivity index (χ3n) is 4.02. The summed E-state index contributed by atoms with van der Waals surface area (Å²) in [7, 11) is 0. The van der Waals surface area contributed by atoms with Gasteiger partial charge in [0.2, 0.25) is 0 Å². The molecule has 2 atom stereocenters. The van der Waals surface area contributed by atoms with Crippen molar-refractivity contribution in [2.75, 3.05) is 13.2 Å². The largest absolute Gasteiger partial charge is 0.396 e. The van der Waals surface area contributed by atoms with Gasteiger partial charge in [0.25, 0.3) is 0 Å². The number of hydrogen-bond donors (Lipinski definition) is 2. The lowest BCUT2D eigenvalue weighted by Gasteiger charge is -2.44. The highest BCUT2D eigenvalue weighted by atomic mass is 16.3. The van der Waals surface area contributed by atoms with Gasteiger partial charge in [0.15, 0.2) is 0 Å². The third kappa shape index (κ3) is 3.53. The molecule has 0 aromatic carbocycles. The highest BCUT2D eigenvalue weighted by Gasteiger charge is 2.32. The van der Waals surface area contributed by atoms with Crippen molar-refractivity contribution in [1.82, 2.24) is 9.88 Å². The van der Waals surface area contributed by atoms with Crippen LogP contribution in [0.2, 0.25) is 0 Å². The molecule has 1 aliphatic rings. The molecule has 1 fully saturated rings. The van der Waals surface area contributed by atoms with E-state index in [0.717, 1.165) is 13.0 Å². The molecule has 3 N–H and O–H groups in total. The Morgan fingerprint density at radius 3 is 2.58 bits per heavy atom. The molecule has 0 radical (unpaired) electrons. The van der Waals surface area contributed by atoms with Crippen LogP contribution in [0.15, 0.2) is 24.5 Å². The second kappa shape index (κ2) is 6.98. The van der Waals surface area contributed by atoms with E-state index in [9.17, 15) is 0 Å². The zero-order valence-corrected chi connectivity index (χ0v) is 11.7. The first-order valence-electron chi connectivity index (χ1n) is 7.26. The highest BCUT2D eigenvalue weighted by molar-refractivity contribution is 5.17. The second-order valence-electron chi connectivity index (χ2n) is 5.48. The lowest BCUT2D eigenvalue weighted by molar-refractivity contribution is 0.0612. The normalized spacial score (nSPS) is 19.2. The zero-order valence-electron chi connectivity index (χ0n) is 11.7. The van der Waals surface area contributed by atoms with E-state index in [0.29, 0.717) is 6.04 Å². The van der Waals surface area contributed by atoms with Crippen LogP contribution < -0.4 is 5.73 Å². The lowest BCUT2D eigenvalue weighted by atomic mass is 9.87. The summed E-state index contributed by atoms with van der Waals surface area (Å²) in [5.74, 6) is 0. The molecule has 1 heterocycles. The topological polar surface area (TPSA) is 62.4 Å².